The van der Waals surface area contributed by atoms with Gasteiger partial charge in [0.25, 0.3) is 0 Å². The number of hydrogen-bond donors (Lipinski definition) is 2. The van der Waals surface area contributed by atoms with Crippen LogP contribution in [0.4, 0.5) is 0 Å². The van der Waals surface area contributed by atoms with Crippen LogP contribution < -0.4 is 5.32 Å². The SMILES string of the molecule is CC(C)(C)c1csc(CC2(O)CNC2)n1. The number of nitrogens with one attached hydrogen (secondary N) is 1. The molecule has 1 saturated heterocycles. The van der Waals surface area contributed by atoms with E-state index in [4.69, 9.17) is 0 Å². The van der Waals surface area contributed by atoms with Crippen LogP contribution in [0, 0.1) is 0 Å². The van der Waals surface area contributed by atoms with Gasteiger partial charge >= 0.3 is 0 Å². The van der Waals surface area contributed by atoms with E-state index in [2.05, 4.69) is 36.5 Å². The number of aromatic nitrogens is 1. The Morgan fingerprint density at radius 3 is 2.60 bits per heavy atom. The minimum absolute atomic E-state index is 0.106. The van der Waals surface area contributed by atoms with E-state index in [9.17, 15) is 5.11 Å². The van der Waals surface area contributed by atoms with Crippen LogP contribution in [0.1, 0.15) is 31.5 Å². The summed E-state index contributed by atoms with van der Waals surface area (Å²) in [4.78, 5) is 4.58. The van der Waals surface area contributed by atoms with Crippen molar-refractivity contribution in [3.05, 3.63) is 16.1 Å². The van der Waals surface area contributed by atoms with Gasteiger partial charge in [-0.15, -0.1) is 11.3 Å². The molecular formula is C11H18N2OS. The van der Waals surface area contributed by atoms with Crippen molar-refractivity contribution >= 4 is 11.3 Å². The fraction of sp³-hybridized carbons (Fsp3) is 0.727. The zero-order chi connectivity index (χ0) is 11.1. The summed E-state index contributed by atoms with van der Waals surface area (Å²) in [5.41, 5.74) is 0.681. The zero-order valence-corrected chi connectivity index (χ0v) is 10.3. The molecule has 2 rings (SSSR count). The normalized spacial score (nSPS) is 20.0. The first-order valence-corrected chi connectivity index (χ1v) is 6.15. The van der Waals surface area contributed by atoms with E-state index < -0.39 is 5.60 Å². The van der Waals surface area contributed by atoms with Crippen molar-refractivity contribution in [1.29, 1.82) is 0 Å². The van der Waals surface area contributed by atoms with Gasteiger partial charge in [0.2, 0.25) is 0 Å². The average molecular weight is 226 g/mol. The van der Waals surface area contributed by atoms with Gasteiger partial charge in [0, 0.05) is 30.3 Å². The Hall–Kier alpha value is -0.450. The fourth-order valence-corrected chi connectivity index (χ4v) is 2.71. The van der Waals surface area contributed by atoms with E-state index in [1.807, 2.05) is 0 Å². The third kappa shape index (κ3) is 2.38. The first-order valence-electron chi connectivity index (χ1n) is 5.27. The summed E-state index contributed by atoms with van der Waals surface area (Å²) in [5, 5.41) is 16.2. The maximum Gasteiger partial charge on any atom is 0.0958 e. The van der Waals surface area contributed by atoms with Gasteiger partial charge in [-0.05, 0) is 0 Å². The van der Waals surface area contributed by atoms with Gasteiger partial charge in [-0.2, -0.15) is 0 Å². The number of hydrogen-bond acceptors (Lipinski definition) is 4. The van der Waals surface area contributed by atoms with Gasteiger partial charge in [-0.25, -0.2) is 4.98 Å². The number of rotatable bonds is 2. The number of nitrogens with zero attached hydrogens (tertiary/aromatic N) is 1. The Balaban J connectivity index is 2.07. The van der Waals surface area contributed by atoms with Crippen LogP contribution in [0.25, 0.3) is 0 Å². The largest absolute Gasteiger partial charge is 0.387 e. The van der Waals surface area contributed by atoms with E-state index in [1.165, 1.54) is 0 Å². The van der Waals surface area contributed by atoms with Gasteiger partial charge in [0.05, 0.1) is 16.3 Å². The number of thiazole rings is 1. The van der Waals surface area contributed by atoms with Crippen molar-refractivity contribution < 1.29 is 5.11 Å². The maximum absolute atomic E-state index is 9.98. The molecule has 3 nitrogen and oxygen atoms in total. The minimum atomic E-state index is -0.549. The highest BCUT2D eigenvalue weighted by Gasteiger charge is 2.35. The maximum atomic E-state index is 9.98. The lowest BCUT2D eigenvalue weighted by Crippen LogP contribution is -2.60. The molecule has 0 aliphatic carbocycles. The monoisotopic (exact) mass is 226 g/mol. The Labute approximate surface area is 94.5 Å². The highest BCUT2D eigenvalue weighted by molar-refractivity contribution is 7.09. The molecule has 15 heavy (non-hydrogen) atoms. The third-order valence-corrected chi connectivity index (χ3v) is 3.56. The van der Waals surface area contributed by atoms with Crippen molar-refractivity contribution in [3.8, 4) is 0 Å². The van der Waals surface area contributed by atoms with Crippen molar-refractivity contribution in [1.82, 2.24) is 10.3 Å². The summed E-state index contributed by atoms with van der Waals surface area (Å²) < 4.78 is 0. The summed E-state index contributed by atoms with van der Waals surface area (Å²) in [5.74, 6) is 0. The first kappa shape index (κ1) is 11.0. The predicted octanol–water partition coefficient (Wildman–Crippen LogP) is 1.32. The minimum Gasteiger partial charge on any atom is -0.387 e. The van der Waals surface area contributed by atoms with Crippen molar-refractivity contribution in [2.45, 2.75) is 38.2 Å². The van der Waals surface area contributed by atoms with Crippen LogP contribution in [0.2, 0.25) is 0 Å². The smallest absolute Gasteiger partial charge is 0.0958 e. The molecule has 2 N–H and O–H groups in total. The van der Waals surface area contributed by atoms with Crippen molar-refractivity contribution in [3.63, 3.8) is 0 Å². The van der Waals surface area contributed by atoms with Gasteiger partial charge in [0.15, 0.2) is 0 Å². The molecular weight excluding hydrogens is 208 g/mol. The molecule has 0 amide bonds. The van der Waals surface area contributed by atoms with E-state index in [1.54, 1.807) is 11.3 Å². The lowest BCUT2D eigenvalue weighted by Gasteiger charge is -2.36. The summed E-state index contributed by atoms with van der Waals surface area (Å²) in [7, 11) is 0. The Bertz CT molecular complexity index is 350. The fourth-order valence-electron chi connectivity index (χ4n) is 1.56. The molecule has 0 spiro atoms. The van der Waals surface area contributed by atoms with E-state index in [-0.39, 0.29) is 5.41 Å². The van der Waals surface area contributed by atoms with Gasteiger partial charge < -0.3 is 10.4 Å². The number of β-amino-alcohol motifs (C(OH)–C–C–N with tert-alkyl or cyclic N) is 1. The lowest BCUT2D eigenvalue weighted by molar-refractivity contribution is -0.00909. The predicted molar refractivity (Wildman–Crippen MR) is 62.3 cm³/mol. The molecule has 1 fully saturated rings. The molecule has 1 aromatic heterocycles. The summed E-state index contributed by atoms with van der Waals surface area (Å²) in [6.07, 6.45) is 0.681. The topological polar surface area (TPSA) is 45.1 Å². The van der Waals surface area contributed by atoms with Crippen molar-refractivity contribution in [2.75, 3.05) is 13.1 Å². The quantitative estimate of drug-likeness (QED) is 0.799. The zero-order valence-electron chi connectivity index (χ0n) is 9.50. The summed E-state index contributed by atoms with van der Waals surface area (Å²) >= 11 is 1.65. The Kier molecular flexibility index (Phi) is 2.61. The molecule has 1 aliphatic heterocycles. The number of aliphatic hydroxyl groups is 1. The summed E-state index contributed by atoms with van der Waals surface area (Å²) in [6.45, 7) is 7.86. The molecule has 0 atom stereocenters. The van der Waals surface area contributed by atoms with E-state index in [0.717, 1.165) is 10.7 Å². The molecule has 84 valence electrons. The van der Waals surface area contributed by atoms with Crippen LogP contribution >= 0.6 is 11.3 Å². The van der Waals surface area contributed by atoms with Crippen molar-refractivity contribution in [2.24, 2.45) is 0 Å². The van der Waals surface area contributed by atoms with Gasteiger partial charge in [0.1, 0.15) is 0 Å². The Morgan fingerprint density at radius 1 is 1.53 bits per heavy atom. The molecule has 4 heteroatoms. The molecule has 0 bridgehead atoms. The van der Waals surface area contributed by atoms with Gasteiger partial charge in [-0.1, -0.05) is 20.8 Å². The second-order valence-electron chi connectivity index (χ2n) is 5.38. The van der Waals surface area contributed by atoms with Crippen LogP contribution in [0.15, 0.2) is 5.38 Å². The lowest BCUT2D eigenvalue weighted by atomic mass is 9.92. The molecule has 0 radical (unpaired) electrons. The van der Waals surface area contributed by atoms with Crippen LogP contribution in [-0.2, 0) is 11.8 Å². The molecule has 0 saturated carbocycles. The van der Waals surface area contributed by atoms with Crippen LogP contribution in [0.3, 0.4) is 0 Å². The standard InChI is InChI=1S/C11H18N2OS/c1-10(2,3)8-5-15-9(13-8)4-11(14)6-12-7-11/h5,12,14H,4,6-7H2,1-3H3. The molecule has 0 aromatic carbocycles. The Morgan fingerprint density at radius 2 is 2.20 bits per heavy atom. The molecule has 1 aliphatic rings. The molecule has 0 unspecified atom stereocenters. The van der Waals surface area contributed by atoms with Gasteiger partial charge in [-0.3, -0.25) is 0 Å². The summed E-state index contributed by atoms with van der Waals surface area (Å²) in [6, 6.07) is 0. The van der Waals surface area contributed by atoms with E-state index >= 15 is 0 Å². The third-order valence-electron chi connectivity index (χ3n) is 2.71. The second kappa shape index (κ2) is 3.54. The highest BCUT2D eigenvalue weighted by Crippen LogP contribution is 2.26. The molecule has 2 heterocycles. The highest BCUT2D eigenvalue weighted by atomic mass is 32.1. The van der Waals surface area contributed by atoms with Crippen LogP contribution in [-0.4, -0.2) is 28.8 Å². The van der Waals surface area contributed by atoms with E-state index in [0.29, 0.717) is 19.5 Å². The molecule has 1 aromatic rings. The van der Waals surface area contributed by atoms with Crippen LogP contribution in [0.5, 0.6) is 0 Å². The average Bonchev–Trinajstić information content (AvgIpc) is 2.49. The second-order valence-corrected chi connectivity index (χ2v) is 6.32. The first-order chi connectivity index (χ1) is 6.89.